The van der Waals surface area contributed by atoms with E-state index in [0.717, 1.165) is 0 Å². The maximum atomic E-state index is 13.6. The summed E-state index contributed by atoms with van der Waals surface area (Å²) in [5.74, 6) is -1.14. The Kier molecular flexibility index (Phi) is 7.92. The summed E-state index contributed by atoms with van der Waals surface area (Å²) in [4.78, 5) is 49.8. The Bertz CT molecular complexity index is 761. The third-order valence-corrected chi connectivity index (χ3v) is 7.21. The minimum Gasteiger partial charge on any atom is -0.192 e. The Balaban J connectivity index is 1.96. The van der Waals surface area contributed by atoms with E-state index in [1.807, 2.05) is 0 Å². The molecule has 0 aromatic carbocycles. The minimum absolute atomic E-state index is 0.200. The quantitative estimate of drug-likeness (QED) is 0.198. The molecule has 19 heteroatoms. The third-order valence-electron chi connectivity index (χ3n) is 3.17. The SMILES string of the molecule is NC(=O)c1nc([C@@H]2O[C@H](COP(=O)(O)OPO[PH](O)(O)O)[C@@H](O)[C@H]2O)sc1F. The first-order chi connectivity index (χ1) is 12.8. The second-order valence-corrected chi connectivity index (χ2v) is 10.3. The molecule has 1 saturated heterocycles. The number of halogens is 1. The molecule has 0 saturated carbocycles. The van der Waals surface area contributed by atoms with Crippen molar-refractivity contribution in [3.05, 3.63) is 15.8 Å². The second-order valence-electron chi connectivity index (χ2n) is 5.23. The molecule has 1 fully saturated rings. The summed E-state index contributed by atoms with van der Waals surface area (Å²) in [6.45, 7) is -0.788. The van der Waals surface area contributed by atoms with E-state index in [2.05, 4.69) is 18.1 Å². The molecule has 1 aromatic heterocycles. The monoisotopic (exact) mass is 488 g/mol. The smallest absolute Gasteiger partial charge is 0.192 e. The molecule has 162 valence electrons. The summed E-state index contributed by atoms with van der Waals surface area (Å²) in [6, 6.07) is 0. The van der Waals surface area contributed by atoms with Crippen LogP contribution in [0.25, 0.3) is 0 Å². The van der Waals surface area contributed by atoms with E-state index < -0.39 is 72.8 Å². The van der Waals surface area contributed by atoms with Crippen LogP contribution in [0.1, 0.15) is 21.6 Å². The van der Waals surface area contributed by atoms with Crippen LogP contribution >= 0.6 is 36.4 Å². The van der Waals surface area contributed by atoms with Crippen LogP contribution in [0.3, 0.4) is 0 Å². The van der Waals surface area contributed by atoms with Gasteiger partial charge in [-0.05, 0) is 0 Å². The first-order valence-electron chi connectivity index (χ1n) is 7.04. The standard InChI is InChI=1S/C9H16FN2O12P3S/c10-7-3(8(11)15)12-9(28-7)6-5(14)4(13)2(22-6)1-21-27(19,20)24-25-23-26(16,17)18/h2,4-6,13-14,16-18,25-26H,1H2,(H2,11,15)(H,19,20)/t2-,4-,5-,6-/m1/s1. The molecule has 0 bridgehead atoms. The van der Waals surface area contributed by atoms with Crippen molar-refractivity contribution >= 4 is 42.3 Å². The van der Waals surface area contributed by atoms with Crippen molar-refractivity contribution in [3.8, 4) is 0 Å². The number of hydrogen-bond donors (Lipinski definition) is 7. The topological polar surface area (TPSA) is 231 Å². The van der Waals surface area contributed by atoms with Crippen LogP contribution in [0.5, 0.6) is 0 Å². The molecule has 2 rings (SSSR count). The molecular weight excluding hydrogens is 472 g/mol. The van der Waals surface area contributed by atoms with Gasteiger partial charge in [0.15, 0.2) is 0 Å². The number of aromatic nitrogens is 1. The average molecular weight is 488 g/mol. The molecule has 1 aromatic rings. The minimum atomic E-state index is -4.95. The van der Waals surface area contributed by atoms with Gasteiger partial charge < -0.3 is 5.73 Å². The number of carbonyl (C=O) groups is 1. The Morgan fingerprint density at radius 2 is 2.04 bits per heavy atom. The predicted octanol–water partition coefficient (Wildman–Crippen LogP) is -1.41. The Hall–Kier alpha value is -0.280. The number of aliphatic hydroxyl groups is 2. The summed E-state index contributed by atoms with van der Waals surface area (Å²) in [5, 5.41) is 18.8. The van der Waals surface area contributed by atoms with Gasteiger partial charge >= 0.3 is 140 Å². The van der Waals surface area contributed by atoms with Crippen LogP contribution in [0, 0.1) is 5.13 Å². The summed E-state index contributed by atoms with van der Waals surface area (Å²) in [5.41, 5.74) is 4.27. The fourth-order valence-corrected chi connectivity index (χ4v) is 4.73. The van der Waals surface area contributed by atoms with Crippen LogP contribution in [-0.2, 0) is 22.4 Å². The number of nitrogens with two attached hydrogens (primary N) is 1. The number of phosphoric ester groups is 1. The van der Waals surface area contributed by atoms with Gasteiger partial charge in [0.25, 0.3) is 5.91 Å². The first-order valence-corrected chi connectivity index (χ1v) is 11.9. The first kappa shape index (κ1) is 24.0. The Labute approximate surface area is 161 Å². The summed E-state index contributed by atoms with van der Waals surface area (Å²) >= 11 is 0.358. The van der Waals surface area contributed by atoms with Gasteiger partial charge in [0.05, 0.1) is 0 Å². The molecule has 2 heterocycles. The van der Waals surface area contributed by atoms with Crippen molar-refractivity contribution in [2.45, 2.75) is 24.4 Å². The summed E-state index contributed by atoms with van der Waals surface area (Å²) in [6.07, 6.45) is -6.02. The van der Waals surface area contributed by atoms with Gasteiger partial charge in [0.1, 0.15) is 0 Å². The number of rotatable bonds is 9. The number of hydrogen-bond acceptors (Lipinski definition) is 13. The molecule has 1 aliphatic heterocycles. The fraction of sp³-hybridized carbons (Fsp3) is 0.556. The number of carbonyl (C=O) groups excluding carboxylic acids is 1. The Morgan fingerprint density at radius 3 is 2.57 bits per heavy atom. The zero-order valence-electron chi connectivity index (χ0n) is 13.4. The zero-order chi connectivity index (χ0) is 21.3. The van der Waals surface area contributed by atoms with Crippen LogP contribution in [-0.4, -0.2) is 65.6 Å². The van der Waals surface area contributed by atoms with Gasteiger partial charge in [-0.25, -0.2) is 0 Å². The molecule has 0 radical (unpaired) electrons. The van der Waals surface area contributed by atoms with Crippen LogP contribution in [0.4, 0.5) is 4.39 Å². The molecule has 1 amide bonds. The molecule has 0 spiro atoms. The number of aliphatic hydroxyl groups excluding tert-OH is 2. The van der Waals surface area contributed by atoms with Crippen LogP contribution in [0.2, 0.25) is 0 Å². The number of nitrogens with zero attached hydrogens (tertiary/aromatic N) is 1. The van der Waals surface area contributed by atoms with Crippen molar-refractivity contribution in [2.24, 2.45) is 5.73 Å². The predicted molar refractivity (Wildman–Crippen MR) is 91.5 cm³/mol. The Morgan fingerprint density at radius 1 is 1.39 bits per heavy atom. The zero-order valence-corrected chi connectivity index (χ0v) is 17.1. The number of phosphoric acid groups is 1. The molecular formula is C9H16FN2O12P3S. The molecule has 0 aliphatic carbocycles. The van der Waals surface area contributed by atoms with Gasteiger partial charge in [-0.2, -0.15) is 4.39 Å². The average Bonchev–Trinajstić information content (AvgIpc) is 3.06. The third kappa shape index (κ3) is 6.36. The van der Waals surface area contributed by atoms with E-state index in [1.165, 1.54) is 0 Å². The van der Waals surface area contributed by atoms with Gasteiger partial charge in [0.2, 0.25) is 0 Å². The van der Waals surface area contributed by atoms with E-state index >= 15 is 0 Å². The second kappa shape index (κ2) is 9.25. The van der Waals surface area contributed by atoms with Crippen molar-refractivity contribution < 1.29 is 61.4 Å². The summed E-state index contributed by atoms with van der Waals surface area (Å²) < 4.78 is 43.2. The molecule has 28 heavy (non-hydrogen) atoms. The van der Waals surface area contributed by atoms with Crippen molar-refractivity contribution in [3.63, 3.8) is 0 Å². The van der Waals surface area contributed by atoms with Crippen LogP contribution < -0.4 is 5.73 Å². The summed E-state index contributed by atoms with van der Waals surface area (Å²) in [7, 11) is -11.2. The van der Waals surface area contributed by atoms with Gasteiger partial charge in [-0.15, -0.1) is 0 Å². The number of primary amides is 1. The van der Waals surface area contributed by atoms with Gasteiger partial charge in [-0.3, -0.25) is 4.79 Å². The van der Waals surface area contributed by atoms with Crippen LogP contribution in [0.15, 0.2) is 0 Å². The van der Waals surface area contributed by atoms with E-state index in [1.54, 1.807) is 0 Å². The number of thiazole rings is 1. The normalized spacial score (nSPS) is 28.7. The molecule has 6 atom stereocenters. The van der Waals surface area contributed by atoms with E-state index in [0.29, 0.717) is 11.3 Å². The van der Waals surface area contributed by atoms with Crippen molar-refractivity contribution in [2.75, 3.05) is 6.61 Å². The fourth-order valence-electron chi connectivity index (χ4n) is 2.00. The van der Waals surface area contributed by atoms with Crippen molar-refractivity contribution in [1.82, 2.24) is 4.98 Å². The maximum absolute atomic E-state index is 13.6. The van der Waals surface area contributed by atoms with Gasteiger partial charge in [-0.1, -0.05) is 0 Å². The van der Waals surface area contributed by atoms with Gasteiger partial charge in [0, 0.05) is 0 Å². The molecule has 2 unspecified atom stereocenters. The molecule has 1 aliphatic rings. The number of ether oxygens (including phenoxy) is 1. The van der Waals surface area contributed by atoms with E-state index in [4.69, 9.17) is 25.2 Å². The molecule has 8 N–H and O–H groups in total. The van der Waals surface area contributed by atoms with E-state index in [-0.39, 0.29) is 5.01 Å². The number of amides is 1. The van der Waals surface area contributed by atoms with Crippen molar-refractivity contribution in [1.29, 1.82) is 0 Å². The van der Waals surface area contributed by atoms with E-state index in [9.17, 15) is 28.9 Å². The molecule has 14 nitrogen and oxygen atoms in total.